The van der Waals surface area contributed by atoms with Gasteiger partial charge in [-0.25, -0.2) is 9.13 Å². The van der Waals surface area contributed by atoms with E-state index in [0.29, 0.717) is 31.6 Å². The Morgan fingerprint density at radius 2 is 0.500 bits per heavy atom. The molecule has 0 aliphatic carbocycles. The van der Waals surface area contributed by atoms with Crippen molar-refractivity contribution in [1.29, 1.82) is 0 Å². The summed E-state index contributed by atoms with van der Waals surface area (Å²) in [6.45, 7) is 14.2. The smallest absolute Gasteiger partial charge is 0.462 e. The molecule has 0 fully saturated rings. The summed E-state index contributed by atoms with van der Waals surface area (Å²) in [5.74, 6) is 0.944. The largest absolute Gasteiger partial charge is 0.472 e. The summed E-state index contributed by atoms with van der Waals surface area (Å²) in [4.78, 5) is 72.8. The predicted octanol–water partition coefficient (Wildman–Crippen LogP) is 22.4. The lowest BCUT2D eigenvalue weighted by molar-refractivity contribution is -0.161. The Bertz CT molecular complexity index is 1890. The number of carbonyl (C=O) groups excluding carboxylic acids is 4. The first-order chi connectivity index (χ1) is 46.1. The number of aliphatic hydroxyl groups is 1. The van der Waals surface area contributed by atoms with Crippen molar-refractivity contribution in [2.75, 3.05) is 39.6 Å². The van der Waals surface area contributed by atoms with Gasteiger partial charge in [-0.3, -0.25) is 37.3 Å². The number of esters is 4. The van der Waals surface area contributed by atoms with E-state index in [1.165, 1.54) is 186 Å². The van der Waals surface area contributed by atoms with Crippen LogP contribution in [-0.2, 0) is 65.4 Å². The number of rotatable bonds is 74. The molecule has 0 saturated carbocycles. The van der Waals surface area contributed by atoms with Crippen molar-refractivity contribution >= 4 is 39.5 Å². The average Bonchev–Trinajstić information content (AvgIpc) is 1.06. The van der Waals surface area contributed by atoms with Gasteiger partial charge in [-0.1, -0.05) is 338 Å². The topological polar surface area (TPSA) is 237 Å². The second kappa shape index (κ2) is 66.3. The highest BCUT2D eigenvalue weighted by molar-refractivity contribution is 7.47. The number of hydrogen-bond donors (Lipinski definition) is 3. The van der Waals surface area contributed by atoms with E-state index in [1.54, 1.807) is 0 Å². The van der Waals surface area contributed by atoms with Gasteiger partial charge < -0.3 is 33.8 Å². The second-order valence-electron chi connectivity index (χ2n) is 29.4. The maximum Gasteiger partial charge on any atom is 0.472 e. The van der Waals surface area contributed by atoms with Crippen LogP contribution in [0.3, 0.4) is 0 Å². The van der Waals surface area contributed by atoms with E-state index in [1.807, 2.05) is 0 Å². The van der Waals surface area contributed by atoms with Crippen LogP contribution in [0.2, 0.25) is 0 Å². The minimum absolute atomic E-state index is 0.104. The highest BCUT2D eigenvalue weighted by Crippen LogP contribution is 2.45. The van der Waals surface area contributed by atoms with Gasteiger partial charge in [-0.05, 0) is 49.4 Å². The van der Waals surface area contributed by atoms with Gasteiger partial charge >= 0.3 is 39.5 Å². The molecule has 0 aromatic carbocycles. The van der Waals surface area contributed by atoms with Crippen molar-refractivity contribution in [3.05, 3.63) is 0 Å². The van der Waals surface area contributed by atoms with Crippen molar-refractivity contribution in [2.45, 2.75) is 408 Å². The fourth-order valence-electron chi connectivity index (χ4n) is 11.7. The first-order valence-corrected chi connectivity index (χ1v) is 42.7. The molecule has 3 N–H and O–H groups in total. The third-order valence-electron chi connectivity index (χ3n) is 18.2. The second-order valence-corrected chi connectivity index (χ2v) is 32.3. The third-order valence-corrected chi connectivity index (χ3v) is 20.1. The van der Waals surface area contributed by atoms with Crippen molar-refractivity contribution < 1.29 is 80.2 Å². The first-order valence-electron chi connectivity index (χ1n) is 39.7. The van der Waals surface area contributed by atoms with Gasteiger partial charge in [0, 0.05) is 25.7 Å². The first kappa shape index (κ1) is 94.1. The molecule has 96 heavy (non-hydrogen) atoms. The summed E-state index contributed by atoms with van der Waals surface area (Å²) >= 11 is 0. The summed E-state index contributed by atoms with van der Waals surface area (Å²) < 4.78 is 68.5. The van der Waals surface area contributed by atoms with E-state index in [2.05, 4.69) is 55.4 Å². The van der Waals surface area contributed by atoms with E-state index >= 15 is 0 Å². The van der Waals surface area contributed by atoms with Crippen LogP contribution >= 0.6 is 15.6 Å². The number of phosphoric acid groups is 2. The summed E-state index contributed by atoms with van der Waals surface area (Å²) in [7, 11) is -9.91. The number of aliphatic hydroxyl groups excluding tert-OH is 1. The number of carbonyl (C=O) groups is 4. The lowest BCUT2D eigenvalue weighted by Gasteiger charge is -2.21. The molecule has 17 nitrogen and oxygen atoms in total. The molecular formula is C77H150O17P2. The molecule has 0 aliphatic rings. The Labute approximate surface area is 588 Å². The molecule has 4 unspecified atom stereocenters. The van der Waals surface area contributed by atoms with Gasteiger partial charge in [-0.15, -0.1) is 0 Å². The molecule has 0 aliphatic heterocycles. The van der Waals surface area contributed by atoms with E-state index in [9.17, 15) is 43.2 Å². The molecule has 0 heterocycles. The Morgan fingerprint density at radius 1 is 0.292 bits per heavy atom. The molecular weight excluding hydrogens is 1260 g/mol. The summed E-state index contributed by atoms with van der Waals surface area (Å²) in [6.07, 6.45) is 51.4. The molecule has 6 atom stereocenters. The fraction of sp³-hybridized carbons (Fsp3) is 0.948. The zero-order valence-corrected chi connectivity index (χ0v) is 64.8. The normalized spacial score (nSPS) is 14.4. The molecule has 0 saturated heterocycles. The van der Waals surface area contributed by atoms with E-state index in [-0.39, 0.29) is 25.7 Å². The minimum Gasteiger partial charge on any atom is -0.462 e. The van der Waals surface area contributed by atoms with Crippen LogP contribution in [0.25, 0.3) is 0 Å². The van der Waals surface area contributed by atoms with Gasteiger partial charge in [-0.2, -0.15) is 0 Å². The number of hydrogen-bond acceptors (Lipinski definition) is 15. The Hall–Kier alpha value is -1.94. The van der Waals surface area contributed by atoms with Crippen LogP contribution in [0.1, 0.15) is 389 Å². The molecule has 570 valence electrons. The van der Waals surface area contributed by atoms with Crippen LogP contribution < -0.4 is 0 Å². The third kappa shape index (κ3) is 69.2. The fourth-order valence-corrected chi connectivity index (χ4v) is 13.3. The molecule has 0 bridgehead atoms. The predicted molar refractivity (Wildman–Crippen MR) is 391 cm³/mol. The molecule has 19 heteroatoms. The van der Waals surface area contributed by atoms with Crippen LogP contribution in [0.15, 0.2) is 0 Å². The van der Waals surface area contributed by atoms with Crippen LogP contribution in [0.5, 0.6) is 0 Å². The quantitative estimate of drug-likeness (QED) is 0.0222. The number of phosphoric ester groups is 2. The zero-order chi connectivity index (χ0) is 71.0. The maximum atomic E-state index is 13.1. The van der Waals surface area contributed by atoms with E-state index in [4.69, 9.17) is 37.0 Å². The molecule has 0 amide bonds. The van der Waals surface area contributed by atoms with Crippen LogP contribution in [0, 0.1) is 23.7 Å². The van der Waals surface area contributed by atoms with E-state index in [0.717, 1.165) is 114 Å². The zero-order valence-electron chi connectivity index (χ0n) is 63.0. The maximum absolute atomic E-state index is 13.1. The van der Waals surface area contributed by atoms with Crippen molar-refractivity contribution in [3.8, 4) is 0 Å². The van der Waals surface area contributed by atoms with Gasteiger partial charge in [0.05, 0.1) is 26.4 Å². The average molecular weight is 1410 g/mol. The van der Waals surface area contributed by atoms with Crippen molar-refractivity contribution in [1.82, 2.24) is 0 Å². The Morgan fingerprint density at radius 3 is 0.740 bits per heavy atom. The van der Waals surface area contributed by atoms with Crippen LogP contribution in [-0.4, -0.2) is 96.7 Å². The standard InChI is InChI=1S/C77H150O17P2/c1-9-70(8)56-48-40-32-26-27-35-44-52-60-77(82)94-73(64-88-75(80)58-50-42-36-28-31-39-47-55-69(6)7)66-92-96(85,86)90-62-71(78)61-89-95(83,84)91-65-72(63-87-74(79)57-49-41-33-24-20-17-16-19-23-30-38-46-54-68(4)5)93-76(81)59-51-43-34-25-21-15-13-11-10-12-14-18-22-29-37-45-53-67(2)3/h67-73,78H,9-66H2,1-8H3,(H,83,84)(H,85,86)/t70?,71?,72-,73-/m1/s1. The summed E-state index contributed by atoms with van der Waals surface area (Å²) in [5.41, 5.74) is 0. The number of unbranched alkanes of at least 4 members (excludes halogenated alkanes) is 39. The molecule has 0 radical (unpaired) electrons. The highest BCUT2D eigenvalue weighted by Gasteiger charge is 2.30. The molecule has 0 aromatic rings. The van der Waals surface area contributed by atoms with Gasteiger partial charge in [0.2, 0.25) is 0 Å². The van der Waals surface area contributed by atoms with Crippen molar-refractivity contribution in [2.24, 2.45) is 23.7 Å². The van der Waals surface area contributed by atoms with Gasteiger partial charge in [0.1, 0.15) is 19.3 Å². The number of ether oxygens (including phenoxy) is 4. The van der Waals surface area contributed by atoms with Gasteiger partial charge in [0.15, 0.2) is 12.2 Å². The lowest BCUT2D eigenvalue weighted by Crippen LogP contribution is -2.30. The minimum atomic E-state index is -4.96. The lowest BCUT2D eigenvalue weighted by atomic mass is 9.99. The van der Waals surface area contributed by atoms with Crippen LogP contribution in [0.4, 0.5) is 0 Å². The summed E-state index contributed by atoms with van der Waals surface area (Å²) in [6, 6.07) is 0. The highest BCUT2D eigenvalue weighted by atomic mass is 31.2. The van der Waals surface area contributed by atoms with Crippen molar-refractivity contribution in [3.63, 3.8) is 0 Å². The Kier molecular flexibility index (Phi) is 65.0. The van der Waals surface area contributed by atoms with E-state index < -0.39 is 97.5 Å². The molecule has 0 spiro atoms. The molecule has 0 rings (SSSR count). The van der Waals surface area contributed by atoms with Gasteiger partial charge in [0.25, 0.3) is 0 Å². The SMILES string of the molecule is CCC(C)CCCCCCCCCCC(=O)O[C@H](COC(=O)CCCCCCCCCC(C)C)COP(=O)(O)OCC(O)COP(=O)(O)OC[C@@H](COC(=O)CCCCCCCCCCCCCCC(C)C)OC(=O)CCCCCCCCCCCCCCCCCCC(C)C. The monoisotopic (exact) mass is 1410 g/mol. The summed E-state index contributed by atoms with van der Waals surface area (Å²) in [5, 5.41) is 10.6. The Balaban J connectivity index is 5.24. The molecule has 0 aromatic heterocycles.